The number of hydrogen-bond acceptors (Lipinski definition) is 12. The van der Waals surface area contributed by atoms with E-state index in [1.54, 1.807) is 21.0 Å². The van der Waals surface area contributed by atoms with Crippen molar-refractivity contribution in [2.75, 3.05) is 21.2 Å². The molecule has 0 spiro atoms. The number of methoxy groups -OCH3 is 1. The minimum absolute atomic E-state index is 0.0408. The molecule has 5 rings (SSSR count). The Kier molecular flexibility index (Phi) is 7.95. The first-order chi connectivity index (χ1) is 20.2. The fraction of sp³-hybridized carbons (Fsp3) is 0.484. The van der Waals surface area contributed by atoms with Crippen molar-refractivity contribution in [1.29, 1.82) is 0 Å². The van der Waals surface area contributed by atoms with E-state index in [1.165, 1.54) is 31.2 Å². The summed E-state index contributed by atoms with van der Waals surface area (Å²) in [7, 11) is 4.69. The summed E-state index contributed by atoms with van der Waals surface area (Å²) in [6.07, 6.45) is -4.33. The summed E-state index contributed by atoms with van der Waals surface area (Å²) in [4.78, 5) is 54.7. The minimum atomic E-state index is -2.06. The molecule has 0 radical (unpaired) electrons. The maximum absolute atomic E-state index is 13.7. The zero-order valence-electron chi connectivity index (χ0n) is 24.5. The van der Waals surface area contributed by atoms with Crippen LogP contribution in [0.1, 0.15) is 88.1 Å². The molecule has 0 aromatic heterocycles. The van der Waals surface area contributed by atoms with Crippen LogP contribution in [0.2, 0.25) is 0 Å². The Labute approximate surface area is 247 Å². The molecule has 2 aliphatic carbocycles. The summed E-state index contributed by atoms with van der Waals surface area (Å²) in [5.74, 6) is -5.47. The normalized spacial score (nSPS) is 30.0. The zero-order valence-corrected chi connectivity index (χ0v) is 24.5. The topological polar surface area (TPSA) is 180 Å². The summed E-state index contributed by atoms with van der Waals surface area (Å²) in [5, 5.41) is 44.7. The average molecular weight is 598 g/mol. The summed E-state index contributed by atoms with van der Waals surface area (Å²) in [6, 6.07) is 4.89. The van der Waals surface area contributed by atoms with Crippen LogP contribution >= 0.6 is 0 Å². The van der Waals surface area contributed by atoms with Crippen LogP contribution in [0.15, 0.2) is 24.3 Å². The number of phenolic OH excluding ortho intramolecular Hbond substituents is 2. The van der Waals surface area contributed by atoms with Crippen molar-refractivity contribution in [2.24, 2.45) is 0 Å². The molecule has 3 aliphatic rings. The molecular weight excluding hydrogens is 562 g/mol. The predicted molar refractivity (Wildman–Crippen MR) is 149 cm³/mol. The van der Waals surface area contributed by atoms with Gasteiger partial charge in [0.2, 0.25) is 5.78 Å². The number of hydrogen-bond donors (Lipinski definition) is 4. The fourth-order valence-corrected chi connectivity index (χ4v) is 6.76. The highest BCUT2D eigenvalue weighted by atomic mass is 16.7. The maximum Gasteiger partial charge on any atom is 0.316 e. The summed E-state index contributed by atoms with van der Waals surface area (Å²) >= 11 is 0. The molecule has 4 N–H and O–H groups in total. The van der Waals surface area contributed by atoms with Gasteiger partial charge >= 0.3 is 5.97 Å². The van der Waals surface area contributed by atoms with E-state index >= 15 is 0 Å². The molecular formula is C31H35NO11. The number of aliphatic hydroxyl groups excluding tert-OH is 1. The molecule has 0 bridgehead atoms. The molecule has 2 aromatic carbocycles. The van der Waals surface area contributed by atoms with Gasteiger partial charge in [0.1, 0.15) is 23.2 Å². The number of aromatic hydroxyl groups is 2. The number of rotatable bonds is 6. The fourth-order valence-electron chi connectivity index (χ4n) is 6.76. The second kappa shape index (κ2) is 11.1. The van der Waals surface area contributed by atoms with Crippen molar-refractivity contribution in [2.45, 2.75) is 75.3 Å². The number of carbonyl (C=O) groups is 4. The highest BCUT2D eigenvalue weighted by molar-refractivity contribution is 6.30. The first kappa shape index (κ1) is 30.8. The van der Waals surface area contributed by atoms with Crippen LogP contribution in [0, 0.1) is 0 Å². The van der Waals surface area contributed by atoms with E-state index in [1.807, 2.05) is 4.90 Å². The minimum Gasteiger partial charge on any atom is -0.507 e. The Morgan fingerprint density at radius 3 is 2.44 bits per heavy atom. The van der Waals surface area contributed by atoms with Crippen LogP contribution in [0.3, 0.4) is 0 Å². The van der Waals surface area contributed by atoms with Gasteiger partial charge in [-0.05, 0) is 45.6 Å². The van der Waals surface area contributed by atoms with Gasteiger partial charge in [-0.2, -0.15) is 0 Å². The molecule has 1 fully saturated rings. The van der Waals surface area contributed by atoms with Crippen molar-refractivity contribution in [3.63, 3.8) is 0 Å². The monoisotopic (exact) mass is 597 g/mol. The number of ketones is 3. The molecule has 1 heterocycles. The molecule has 7 atom stereocenters. The van der Waals surface area contributed by atoms with Gasteiger partial charge in [0.05, 0.1) is 42.1 Å². The van der Waals surface area contributed by atoms with Crippen molar-refractivity contribution in [1.82, 2.24) is 4.90 Å². The third kappa shape index (κ3) is 5.02. The number of aliphatic hydroxyl groups is 2. The molecule has 0 saturated carbocycles. The molecule has 12 heteroatoms. The van der Waals surface area contributed by atoms with Crippen LogP contribution in [-0.2, 0) is 23.8 Å². The Balaban J connectivity index is 1.71. The second-order valence-corrected chi connectivity index (χ2v) is 11.8. The number of Topliss-reactive ketones (excluding diaryl/α,β-unsaturated/α-hetero) is 1. The van der Waals surface area contributed by atoms with Gasteiger partial charge in [0.25, 0.3) is 0 Å². The van der Waals surface area contributed by atoms with Crippen LogP contribution in [0.4, 0.5) is 0 Å². The van der Waals surface area contributed by atoms with E-state index in [0.29, 0.717) is 0 Å². The first-order valence-corrected chi connectivity index (χ1v) is 14.0. The lowest BCUT2D eigenvalue weighted by Gasteiger charge is -2.46. The number of likely N-dealkylation sites (N-methyl/N-ethyl adjacent to an activating group) is 1. The molecule has 2 aromatic rings. The van der Waals surface area contributed by atoms with Crippen LogP contribution in [-0.4, -0.2) is 100.0 Å². The van der Waals surface area contributed by atoms with Crippen molar-refractivity contribution < 1.29 is 53.8 Å². The van der Waals surface area contributed by atoms with E-state index in [9.17, 15) is 39.6 Å². The maximum atomic E-state index is 13.7. The van der Waals surface area contributed by atoms with Gasteiger partial charge in [0, 0.05) is 42.0 Å². The van der Waals surface area contributed by atoms with Gasteiger partial charge in [-0.1, -0.05) is 12.1 Å². The van der Waals surface area contributed by atoms with E-state index in [-0.39, 0.29) is 52.3 Å². The Hall–Kier alpha value is -3.68. The standard InChI is InChI=1S/C31H35NO11/c1-13(33)11-31(40)12-20(43-21-10-18(32(3)4)26(35)14(2)42-21)23-16(25(31)30(39)41-5)9-17-24(29(23)38)28(37)22-15(27(17)36)7-6-8-19(22)34/h6-9,14,18,20-21,25-26,34-35,38,40H,10-12H2,1-5H3/t14-,18+,20+,21+,25+,26-,31+/m1/s1. The van der Waals surface area contributed by atoms with E-state index in [4.69, 9.17) is 14.2 Å². The Bertz CT molecular complexity index is 1520. The van der Waals surface area contributed by atoms with Gasteiger partial charge in [-0.25, -0.2) is 0 Å². The summed E-state index contributed by atoms with van der Waals surface area (Å²) < 4.78 is 17.3. The average Bonchev–Trinajstić information content (AvgIpc) is 2.92. The number of carbonyl (C=O) groups excluding carboxylic acids is 4. The van der Waals surface area contributed by atoms with E-state index in [2.05, 4.69) is 0 Å². The number of ether oxygens (including phenoxy) is 3. The van der Waals surface area contributed by atoms with Crippen LogP contribution < -0.4 is 0 Å². The largest absolute Gasteiger partial charge is 0.507 e. The number of benzene rings is 2. The molecule has 43 heavy (non-hydrogen) atoms. The third-order valence-electron chi connectivity index (χ3n) is 8.71. The smallest absolute Gasteiger partial charge is 0.316 e. The van der Waals surface area contributed by atoms with Gasteiger partial charge < -0.3 is 39.5 Å². The SMILES string of the molecule is COC(=O)[C@@H]1c2cc3c(c(O)c2[C@@H](O[C@H]2C[C@H](N(C)C)[C@H](O)[C@@H](C)O2)C[C@@]1(O)CC(C)=O)C(=O)c1c(O)cccc1C3=O. The van der Waals surface area contributed by atoms with E-state index in [0.717, 1.165) is 7.11 Å². The van der Waals surface area contributed by atoms with Gasteiger partial charge in [0.15, 0.2) is 12.1 Å². The number of fused-ring (bicyclic) bond motifs is 3. The first-order valence-electron chi connectivity index (χ1n) is 14.0. The number of nitrogens with zero attached hydrogens (tertiary/aromatic N) is 1. The Morgan fingerprint density at radius 2 is 1.81 bits per heavy atom. The molecule has 230 valence electrons. The molecule has 1 aliphatic heterocycles. The lowest BCUT2D eigenvalue weighted by molar-refractivity contribution is -0.258. The third-order valence-corrected chi connectivity index (χ3v) is 8.71. The zero-order chi connectivity index (χ0) is 31.5. The quantitative estimate of drug-likeness (QED) is 0.303. The van der Waals surface area contributed by atoms with Crippen LogP contribution in [0.5, 0.6) is 11.5 Å². The molecule has 1 saturated heterocycles. The van der Waals surface area contributed by atoms with Crippen LogP contribution in [0.25, 0.3) is 0 Å². The molecule has 0 unspecified atom stereocenters. The second-order valence-electron chi connectivity index (χ2n) is 11.8. The number of esters is 1. The summed E-state index contributed by atoms with van der Waals surface area (Å²) in [5.41, 5.74) is -3.13. The lowest BCUT2D eigenvalue weighted by Crippen LogP contribution is -2.54. The van der Waals surface area contributed by atoms with Crippen molar-refractivity contribution >= 4 is 23.3 Å². The molecule has 12 nitrogen and oxygen atoms in total. The van der Waals surface area contributed by atoms with Crippen molar-refractivity contribution in [3.05, 3.63) is 57.6 Å². The summed E-state index contributed by atoms with van der Waals surface area (Å²) in [6.45, 7) is 2.93. The van der Waals surface area contributed by atoms with Gasteiger partial charge in [-0.3, -0.25) is 19.2 Å². The predicted octanol–water partition coefficient (Wildman–Crippen LogP) is 1.73. The molecule has 0 amide bonds. The number of phenols is 2. The Morgan fingerprint density at radius 1 is 1.12 bits per heavy atom. The van der Waals surface area contributed by atoms with Gasteiger partial charge in [-0.15, -0.1) is 0 Å². The highest BCUT2D eigenvalue weighted by Crippen LogP contribution is 2.54. The highest BCUT2D eigenvalue weighted by Gasteiger charge is 2.54. The van der Waals surface area contributed by atoms with Crippen molar-refractivity contribution in [3.8, 4) is 11.5 Å². The van der Waals surface area contributed by atoms with E-state index < -0.39 is 77.4 Å². The lowest BCUT2D eigenvalue weighted by atomic mass is 9.66.